The quantitative estimate of drug-likeness (QED) is 0.410. The minimum Gasteiger partial charge on any atom is -0.497 e. The van der Waals surface area contributed by atoms with Gasteiger partial charge in [-0.05, 0) is 42.7 Å². The van der Waals surface area contributed by atoms with E-state index in [9.17, 15) is 0 Å². The summed E-state index contributed by atoms with van der Waals surface area (Å²) in [6.07, 6.45) is 3.64. The highest BCUT2D eigenvalue weighted by Crippen LogP contribution is 2.25. The predicted molar refractivity (Wildman–Crippen MR) is 107 cm³/mol. The van der Waals surface area contributed by atoms with Crippen LogP contribution in [-0.2, 0) is 6.42 Å². The van der Waals surface area contributed by atoms with Crippen LogP contribution in [0, 0.1) is 0 Å². The van der Waals surface area contributed by atoms with Gasteiger partial charge in [-0.2, -0.15) is 11.8 Å². The first-order chi connectivity index (χ1) is 10.3. The van der Waals surface area contributed by atoms with E-state index in [1.807, 2.05) is 19.2 Å². The molecular weight excluding hydrogens is 409 g/mol. The predicted octanol–water partition coefficient (Wildman–Crippen LogP) is 2.92. The van der Waals surface area contributed by atoms with E-state index >= 15 is 0 Å². The molecule has 22 heavy (non-hydrogen) atoms. The molecule has 1 saturated heterocycles. The van der Waals surface area contributed by atoms with Gasteiger partial charge in [0.25, 0.3) is 0 Å². The zero-order chi connectivity index (χ0) is 14.9. The maximum Gasteiger partial charge on any atom is 0.191 e. The van der Waals surface area contributed by atoms with Crippen LogP contribution in [-0.4, -0.2) is 44.2 Å². The molecule has 0 aromatic heterocycles. The van der Waals surface area contributed by atoms with Gasteiger partial charge in [-0.25, -0.2) is 0 Å². The van der Waals surface area contributed by atoms with Crippen molar-refractivity contribution in [2.24, 2.45) is 4.99 Å². The van der Waals surface area contributed by atoms with Crippen LogP contribution in [0.1, 0.15) is 18.4 Å². The minimum absolute atomic E-state index is 0. The van der Waals surface area contributed by atoms with E-state index in [-0.39, 0.29) is 24.0 Å². The Labute approximate surface area is 154 Å². The first kappa shape index (κ1) is 19.4. The van der Waals surface area contributed by atoms with E-state index in [0.29, 0.717) is 0 Å². The molecule has 1 aliphatic heterocycles. The Morgan fingerprint density at radius 1 is 1.32 bits per heavy atom. The van der Waals surface area contributed by atoms with Crippen LogP contribution in [0.4, 0.5) is 0 Å². The smallest absolute Gasteiger partial charge is 0.191 e. The fourth-order valence-corrected chi connectivity index (χ4v) is 3.56. The number of rotatable bonds is 6. The van der Waals surface area contributed by atoms with Crippen LogP contribution in [0.15, 0.2) is 29.3 Å². The normalized spacial score (nSPS) is 17.7. The van der Waals surface area contributed by atoms with Crippen LogP contribution in [0.2, 0.25) is 0 Å². The number of guanidine groups is 1. The number of ether oxygens (including phenoxy) is 1. The van der Waals surface area contributed by atoms with Gasteiger partial charge in [0.2, 0.25) is 0 Å². The van der Waals surface area contributed by atoms with Gasteiger partial charge in [-0.1, -0.05) is 12.1 Å². The molecule has 6 heteroatoms. The van der Waals surface area contributed by atoms with E-state index in [2.05, 4.69) is 39.5 Å². The largest absolute Gasteiger partial charge is 0.497 e. The van der Waals surface area contributed by atoms with Crippen molar-refractivity contribution in [1.82, 2.24) is 10.6 Å². The van der Waals surface area contributed by atoms with Crippen molar-refractivity contribution in [2.75, 3.05) is 33.0 Å². The van der Waals surface area contributed by atoms with Crippen molar-refractivity contribution in [3.05, 3.63) is 29.8 Å². The molecule has 0 amide bonds. The van der Waals surface area contributed by atoms with Crippen LogP contribution in [0.3, 0.4) is 0 Å². The topological polar surface area (TPSA) is 45.7 Å². The Kier molecular flexibility index (Phi) is 9.70. The lowest BCUT2D eigenvalue weighted by Gasteiger charge is -2.14. The molecule has 1 aromatic rings. The average molecular weight is 435 g/mol. The second-order valence-corrected chi connectivity index (χ2v) is 6.52. The second-order valence-electron chi connectivity index (χ2n) is 5.11. The fraction of sp³-hybridized carbons (Fsp3) is 0.562. The van der Waals surface area contributed by atoms with Crippen LogP contribution < -0.4 is 15.4 Å². The van der Waals surface area contributed by atoms with E-state index in [1.165, 1.54) is 24.2 Å². The summed E-state index contributed by atoms with van der Waals surface area (Å²) < 4.78 is 5.16. The molecule has 2 rings (SSSR count). The highest BCUT2D eigenvalue weighted by Gasteiger charge is 2.15. The van der Waals surface area contributed by atoms with Crippen molar-refractivity contribution >= 4 is 41.7 Å². The van der Waals surface area contributed by atoms with Gasteiger partial charge in [-0.3, -0.25) is 4.99 Å². The maximum atomic E-state index is 5.16. The molecular formula is C16H26IN3OS. The Morgan fingerprint density at radius 2 is 2.09 bits per heavy atom. The lowest BCUT2D eigenvalue weighted by molar-refractivity contribution is 0.414. The molecule has 1 aliphatic rings. The second kappa shape index (κ2) is 11.0. The summed E-state index contributed by atoms with van der Waals surface area (Å²) in [6.45, 7) is 1.89. The summed E-state index contributed by atoms with van der Waals surface area (Å²) in [4.78, 5) is 4.27. The lowest BCUT2D eigenvalue weighted by Crippen LogP contribution is -2.40. The Bertz CT molecular complexity index is 447. The molecule has 1 heterocycles. The molecule has 1 aromatic carbocycles. The first-order valence-corrected chi connectivity index (χ1v) is 8.55. The number of methoxy groups -OCH3 is 1. The monoisotopic (exact) mass is 435 g/mol. The Morgan fingerprint density at radius 3 is 2.68 bits per heavy atom. The van der Waals surface area contributed by atoms with Crippen molar-refractivity contribution in [3.8, 4) is 5.75 Å². The van der Waals surface area contributed by atoms with Gasteiger partial charge in [-0.15, -0.1) is 24.0 Å². The zero-order valence-corrected chi connectivity index (χ0v) is 16.4. The molecule has 0 bridgehead atoms. The molecule has 0 saturated carbocycles. The Balaban J connectivity index is 0.00000242. The fourth-order valence-electron chi connectivity index (χ4n) is 2.35. The summed E-state index contributed by atoms with van der Waals surface area (Å²) >= 11 is 2.06. The molecule has 4 nitrogen and oxygen atoms in total. The first-order valence-electron chi connectivity index (χ1n) is 7.51. The van der Waals surface area contributed by atoms with E-state index in [0.717, 1.165) is 36.5 Å². The average Bonchev–Trinajstić information content (AvgIpc) is 3.04. The van der Waals surface area contributed by atoms with Gasteiger partial charge in [0.05, 0.1) is 7.11 Å². The van der Waals surface area contributed by atoms with Gasteiger partial charge in [0, 0.05) is 25.4 Å². The molecule has 0 radical (unpaired) electrons. The number of hydrogen-bond acceptors (Lipinski definition) is 3. The van der Waals surface area contributed by atoms with Crippen LogP contribution >= 0.6 is 35.7 Å². The third kappa shape index (κ3) is 6.64. The summed E-state index contributed by atoms with van der Waals surface area (Å²) in [5, 5.41) is 7.52. The maximum absolute atomic E-state index is 5.16. The highest BCUT2D eigenvalue weighted by atomic mass is 127. The van der Waals surface area contributed by atoms with Crippen molar-refractivity contribution in [3.63, 3.8) is 0 Å². The molecule has 124 valence electrons. The van der Waals surface area contributed by atoms with E-state index in [4.69, 9.17) is 4.74 Å². The van der Waals surface area contributed by atoms with Gasteiger partial charge in [0.1, 0.15) is 5.75 Å². The van der Waals surface area contributed by atoms with Gasteiger partial charge >= 0.3 is 0 Å². The highest BCUT2D eigenvalue weighted by molar-refractivity contribution is 14.0. The molecule has 1 unspecified atom stereocenters. The number of thioether (sulfide) groups is 1. The number of nitrogens with zero attached hydrogens (tertiary/aromatic N) is 1. The summed E-state index contributed by atoms with van der Waals surface area (Å²) in [7, 11) is 3.51. The lowest BCUT2D eigenvalue weighted by atomic mass is 10.1. The molecule has 1 atom stereocenters. The van der Waals surface area contributed by atoms with Crippen molar-refractivity contribution < 1.29 is 4.74 Å². The minimum atomic E-state index is 0. The van der Waals surface area contributed by atoms with Crippen LogP contribution in [0.25, 0.3) is 0 Å². The SMILES string of the molecule is CN=C(NCCc1ccc(OC)cc1)NCC1CCCS1.I. The number of aliphatic imine (C=N–C) groups is 1. The summed E-state index contributed by atoms with van der Waals surface area (Å²) in [6, 6.07) is 8.21. The Hall–Kier alpha value is -0.630. The van der Waals surface area contributed by atoms with E-state index in [1.54, 1.807) is 7.11 Å². The number of nitrogens with one attached hydrogen (secondary N) is 2. The number of hydrogen-bond donors (Lipinski definition) is 2. The molecule has 0 aliphatic carbocycles. The summed E-state index contributed by atoms with van der Waals surface area (Å²) in [5.74, 6) is 3.10. The van der Waals surface area contributed by atoms with Crippen molar-refractivity contribution in [1.29, 1.82) is 0 Å². The number of halogens is 1. The molecule has 0 spiro atoms. The van der Waals surface area contributed by atoms with E-state index < -0.39 is 0 Å². The molecule has 1 fully saturated rings. The zero-order valence-electron chi connectivity index (χ0n) is 13.3. The van der Waals surface area contributed by atoms with Crippen LogP contribution in [0.5, 0.6) is 5.75 Å². The standard InChI is InChI=1S/C16H25N3OS.HI/c1-17-16(19-12-15-4-3-11-21-15)18-10-9-13-5-7-14(20-2)8-6-13;/h5-8,15H,3-4,9-12H2,1-2H3,(H2,17,18,19);1H. The molecule has 2 N–H and O–H groups in total. The van der Waals surface area contributed by atoms with Gasteiger partial charge < -0.3 is 15.4 Å². The van der Waals surface area contributed by atoms with Gasteiger partial charge in [0.15, 0.2) is 5.96 Å². The van der Waals surface area contributed by atoms with Crippen molar-refractivity contribution in [2.45, 2.75) is 24.5 Å². The summed E-state index contributed by atoms with van der Waals surface area (Å²) in [5.41, 5.74) is 1.30. The third-order valence-electron chi connectivity index (χ3n) is 3.61. The third-order valence-corrected chi connectivity index (χ3v) is 5.01. The number of benzene rings is 1.